The SMILES string of the molecule is CC(C)c1ccc(CNC(=O)C2COCCN2)cc1. The van der Waals surface area contributed by atoms with E-state index in [0.717, 1.165) is 12.1 Å². The molecule has 2 rings (SSSR count). The highest BCUT2D eigenvalue weighted by Crippen LogP contribution is 2.14. The number of amides is 1. The second kappa shape index (κ2) is 6.68. The Labute approximate surface area is 114 Å². The molecular formula is C15H22N2O2. The van der Waals surface area contributed by atoms with Crippen LogP contribution in [0, 0.1) is 0 Å². The molecule has 1 aliphatic rings. The largest absolute Gasteiger partial charge is 0.378 e. The maximum absolute atomic E-state index is 11.9. The molecule has 0 aliphatic carbocycles. The number of ether oxygens (including phenoxy) is 1. The zero-order valence-electron chi connectivity index (χ0n) is 11.6. The summed E-state index contributed by atoms with van der Waals surface area (Å²) >= 11 is 0. The molecule has 1 aliphatic heterocycles. The molecule has 1 unspecified atom stereocenters. The van der Waals surface area contributed by atoms with Gasteiger partial charge in [-0.1, -0.05) is 38.1 Å². The van der Waals surface area contributed by atoms with E-state index < -0.39 is 0 Å². The summed E-state index contributed by atoms with van der Waals surface area (Å²) in [7, 11) is 0. The molecule has 2 N–H and O–H groups in total. The Kier molecular flexibility index (Phi) is 4.93. The van der Waals surface area contributed by atoms with E-state index in [1.807, 2.05) is 0 Å². The standard InChI is InChI=1S/C15H22N2O2/c1-11(2)13-5-3-12(4-6-13)9-17-15(18)14-10-19-8-7-16-14/h3-6,11,14,16H,7-10H2,1-2H3,(H,17,18). The van der Waals surface area contributed by atoms with Crippen LogP contribution in [-0.4, -0.2) is 31.7 Å². The van der Waals surface area contributed by atoms with Crippen molar-refractivity contribution in [2.45, 2.75) is 32.4 Å². The molecule has 1 aromatic carbocycles. The van der Waals surface area contributed by atoms with Gasteiger partial charge < -0.3 is 15.4 Å². The van der Waals surface area contributed by atoms with Crippen LogP contribution in [0.5, 0.6) is 0 Å². The van der Waals surface area contributed by atoms with Crippen LogP contribution in [0.4, 0.5) is 0 Å². The highest BCUT2D eigenvalue weighted by molar-refractivity contribution is 5.81. The normalized spacial score (nSPS) is 19.4. The molecule has 1 fully saturated rings. The van der Waals surface area contributed by atoms with Crippen molar-refractivity contribution in [3.05, 3.63) is 35.4 Å². The Morgan fingerprint density at radius 1 is 1.42 bits per heavy atom. The molecule has 0 spiro atoms. The summed E-state index contributed by atoms with van der Waals surface area (Å²) in [5.74, 6) is 0.542. The lowest BCUT2D eigenvalue weighted by molar-refractivity contribution is -0.126. The summed E-state index contributed by atoms with van der Waals surface area (Å²) in [4.78, 5) is 11.9. The van der Waals surface area contributed by atoms with E-state index in [9.17, 15) is 4.79 Å². The van der Waals surface area contributed by atoms with E-state index in [-0.39, 0.29) is 11.9 Å². The minimum atomic E-state index is -0.219. The molecule has 1 amide bonds. The number of morpholine rings is 1. The van der Waals surface area contributed by atoms with Crippen LogP contribution in [0.3, 0.4) is 0 Å². The highest BCUT2D eigenvalue weighted by Gasteiger charge is 2.20. The summed E-state index contributed by atoms with van der Waals surface area (Å²) in [6, 6.07) is 8.16. The third kappa shape index (κ3) is 4.04. The topological polar surface area (TPSA) is 50.4 Å². The molecule has 1 aromatic rings. The summed E-state index contributed by atoms with van der Waals surface area (Å²) < 4.78 is 5.27. The van der Waals surface area contributed by atoms with Crippen molar-refractivity contribution in [2.24, 2.45) is 0 Å². The van der Waals surface area contributed by atoms with E-state index in [4.69, 9.17) is 4.74 Å². The second-order valence-electron chi connectivity index (χ2n) is 5.20. The van der Waals surface area contributed by atoms with Crippen molar-refractivity contribution in [2.75, 3.05) is 19.8 Å². The van der Waals surface area contributed by atoms with E-state index in [2.05, 4.69) is 48.7 Å². The van der Waals surface area contributed by atoms with Crippen LogP contribution >= 0.6 is 0 Å². The summed E-state index contributed by atoms with van der Waals surface area (Å²) in [5.41, 5.74) is 2.44. The number of hydrogen-bond donors (Lipinski definition) is 2. The average Bonchev–Trinajstić information content (AvgIpc) is 2.46. The first-order valence-corrected chi connectivity index (χ1v) is 6.84. The number of rotatable bonds is 4. The van der Waals surface area contributed by atoms with Crippen molar-refractivity contribution < 1.29 is 9.53 Å². The molecule has 104 valence electrons. The Balaban J connectivity index is 1.82. The van der Waals surface area contributed by atoms with Crippen LogP contribution in [0.25, 0.3) is 0 Å². The average molecular weight is 262 g/mol. The lowest BCUT2D eigenvalue weighted by atomic mass is 10.0. The smallest absolute Gasteiger partial charge is 0.239 e. The fourth-order valence-corrected chi connectivity index (χ4v) is 2.07. The molecule has 1 saturated heterocycles. The summed E-state index contributed by atoms with van der Waals surface area (Å²) in [6.45, 7) is 6.78. The van der Waals surface area contributed by atoms with Crippen LogP contribution in [0.1, 0.15) is 30.9 Å². The molecule has 1 heterocycles. The number of hydrogen-bond acceptors (Lipinski definition) is 3. The predicted octanol–water partition coefficient (Wildman–Crippen LogP) is 1.41. The number of nitrogens with one attached hydrogen (secondary N) is 2. The van der Waals surface area contributed by atoms with E-state index in [1.54, 1.807) is 0 Å². The van der Waals surface area contributed by atoms with Gasteiger partial charge in [-0.15, -0.1) is 0 Å². The van der Waals surface area contributed by atoms with E-state index in [0.29, 0.717) is 25.7 Å². The van der Waals surface area contributed by atoms with Gasteiger partial charge in [-0.05, 0) is 17.0 Å². The quantitative estimate of drug-likeness (QED) is 0.862. The molecule has 0 aromatic heterocycles. The number of benzene rings is 1. The lowest BCUT2D eigenvalue weighted by Crippen LogP contribution is -2.51. The van der Waals surface area contributed by atoms with Gasteiger partial charge in [0.25, 0.3) is 0 Å². The van der Waals surface area contributed by atoms with Crippen LogP contribution in [0.2, 0.25) is 0 Å². The first-order valence-electron chi connectivity index (χ1n) is 6.84. The predicted molar refractivity (Wildman–Crippen MR) is 75.0 cm³/mol. The van der Waals surface area contributed by atoms with E-state index >= 15 is 0 Å². The van der Waals surface area contributed by atoms with Crippen molar-refractivity contribution in [3.8, 4) is 0 Å². The molecule has 0 radical (unpaired) electrons. The zero-order chi connectivity index (χ0) is 13.7. The van der Waals surface area contributed by atoms with Crippen molar-refractivity contribution in [3.63, 3.8) is 0 Å². The third-order valence-corrected chi connectivity index (χ3v) is 3.35. The highest BCUT2D eigenvalue weighted by atomic mass is 16.5. The number of carbonyl (C=O) groups is 1. The van der Waals surface area contributed by atoms with Gasteiger partial charge in [0, 0.05) is 13.1 Å². The maximum Gasteiger partial charge on any atom is 0.239 e. The monoisotopic (exact) mass is 262 g/mol. The maximum atomic E-state index is 11.9. The molecule has 1 atom stereocenters. The van der Waals surface area contributed by atoms with E-state index in [1.165, 1.54) is 5.56 Å². The minimum Gasteiger partial charge on any atom is -0.378 e. The molecule has 4 heteroatoms. The van der Waals surface area contributed by atoms with Crippen LogP contribution in [0.15, 0.2) is 24.3 Å². The van der Waals surface area contributed by atoms with Crippen LogP contribution < -0.4 is 10.6 Å². The Bertz CT molecular complexity index is 409. The fraction of sp³-hybridized carbons (Fsp3) is 0.533. The van der Waals surface area contributed by atoms with Gasteiger partial charge >= 0.3 is 0 Å². The fourth-order valence-electron chi connectivity index (χ4n) is 2.07. The Morgan fingerprint density at radius 2 is 2.16 bits per heavy atom. The molecule has 0 bridgehead atoms. The van der Waals surface area contributed by atoms with Crippen LogP contribution in [-0.2, 0) is 16.1 Å². The van der Waals surface area contributed by atoms with Gasteiger partial charge in [-0.3, -0.25) is 4.79 Å². The molecule has 4 nitrogen and oxygen atoms in total. The Morgan fingerprint density at radius 3 is 2.74 bits per heavy atom. The number of carbonyl (C=O) groups excluding carboxylic acids is 1. The molecule has 19 heavy (non-hydrogen) atoms. The third-order valence-electron chi connectivity index (χ3n) is 3.35. The first kappa shape index (κ1) is 14.0. The zero-order valence-corrected chi connectivity index (χ0v) is 11.6. The van der Waals surface area contributed by atoms with Gasteiger partial charge in [0.15, 0.2) is 0 Å². The minimum absolute atomic E-state index is 0.00707. The van der Waals surface area contributed by atoms with Crippen molar-refractivity contribution >= 4 is 5.91 Å². The summed E-state index contributed by atoms with van der Waals surface area (Å²) in [6.07, 6.45) is 0. The van der Waals surface area contributed by atoms with Crippen molar-refractivity contribution in [1.82, 2.24) is 10.6 Å². The summed E-state index contributed by atoms with van der Waals surface area (Å²) in [5, 5.41) is 6.08. The van der Waals surface area contributed by atoms with Gasteiger partial charge in [0.2, 0.25) is 5.91 Å². The lowest BCUT2D eigenvalue weighted by Gasteiger charge is -2.22. The molecular weight excluding hydrogens is 240 g/mol. The van der Waals surface area contributed by atoms with Crippen molar-refractivity contribution in [1.29, 1.82) is 0 Å². The van der Waals surface area contributed by atoms with Gasteiger partial charge in [0.05, 0.1) is 13.2 Å². The molecule has 0 saturated carbocycles. The second-order valence-corrected chi connectivity index (χ2v) is 5.20. The van der Waals surface area contributed by atoms with Gasteiger partial charge in [0.1, 0.15) is 6.04 Å². The Hall–Kier alpha value is -1.39. The first-order chi connectivity index (χ1) is 9.16. The van der Waals surface area contributed by atoms with Gasteiger partial charge in [-0.25, -0.2) is 0 Å². The van der Waals surface area contributed by atoms with Gasteiger partial charge in [-0.2, -0.15) is 0 Å².